The number of anilines is 1. The van der Waals surface area contributed by atoms with Crippen LogP contribution < -0.4 is 10.1 Å². The molecule has 0 saturated carbocycles. The van der Waals surface area contributed by atoms with Crippen LogP contribution in [0, 0.1) is 0 Å². The number of aromatic hydroxyl groups is 1. The normalized spacial score (nSPS) is 15.9. The molecule has 6 heteroatoms. The second-order valence-corrected chi connectivity index (χ2v) is 7.29. The van der Waals surface area contributed by atoms with E-state index in [0.717, 1.165) is 11.8 Å². The summed E-state index contributed by atoms with van der Waals surface area (Å²) in [5, 5.41) is 15.0. The monoisotopic (exact) mass is 404 g/mol. The smallest absolute Gasteiger partial charge is 0.258 e. The number of phenols is 1. The van der Waals surface area contributed by atoms with Gasteiger partial charge in [-0.3, -0.25) is 9.59 Å². The van der Waals surface area contributed by atoms with Crippen LogP contribution in [0.25, 0.3) is 10.8 Å². The molecule has 1 saturated heterocycles. The Bertz CT molecular complexity index is 1100. The van der Waals surface area contributed by atoms with Gasteiger partial charge in [0.1, 0.15) is 17.5 Å². The first-order valence-corrected chi connectivity index (χ1v) is 10.1. The summed E-state index contributed by atoms with van der Waals surface area (Å²) in [6.07, 6.45) is 1.31. The number of nitrogens with one attached hydrogen (secondary N) is 1. The maximum atomic E-state index is 13.2. The van der Waals surface area contributed by atoms with Gasteiger partial charge >= 0.3 is 0 Å². The first kappa shape index (κ1) is 19.8. The number of rotatable bonds is 5. The Balaban J connectivity index is 1.54. The van der Waals surface area contributed by atoms with E-state index in [0.29, 0.717) is 36.4 Å². The number of amides is 2. The first-order chi connectivity index (χ1) is 14.6. The van der Waals surface area contributed by atoms with Crippen molar-refractivity contribution in [3.63, 3.8) is 0 Å². The topological polar surface area (TPSA) is 78.9 Å². The fraction of sp³-hybridized carbons (Fsp3) is 0.250. The van der Waals surface area contributed by atoms with Crippen LogP contribution in [0.2, 0.25) is 0 Å². The predicted molar refractivity (Wildman–Crippen MR) is 116 cm³/mol. The van der Waals surface area contributed by atoms with Crippen LogP contribution in [-0.4, -0.2) is 41.0 Å². The summed E-state index contributed by atoms with van der Waals surface area (Å²) >= 11 is 0. The van der Waals surface area contributed by atoms with Crippen molar-refractivity contribution in [3.8, 4) is 11.5 Å². The van der Waals surface area contributed by atoms with E-state index in [4.69, 9.17) is 4.74 Å². The van der Waals surface area contributed by atoms with Gasteiger partial charge in [0, 0.05) is 23.7 Å². The van der Waals surface area contributed by atoms with E-state index < -0.39 is 6.04 Å². The van der Waals surface area contributed by atoms with Crippen molar-refractivity contribution >= 4 is 28.3 Å². The molecule has 1 aliphatic heterocycles. The molecule has 0 spiro atoms. The standard InChI is InChI=1S/C24H24N2O4/c1-2-30-18-9-5-8-17(15-18)25-23(28)21-11-6-14-26(21)24(29)20-13-12-16-7-3-4-10-19(16)22(20)27/h3-5,7-10,12-13,15,21,27H,2,6,11,14H2,1H3,(H,25,28). The molecule has 4 rings (SSSR count). The Hall–Kier alpha value is -3.54. The van der Waals surface area contributed by atoms with Crippen molar-refractivity contribution in [2.75, 3.05) is 18.5 Å². The van der Waals surface area contributed by atoms with Crippen molar-refractivity contribution in [2.24, 2.45) is 0 Å². The zero-order valence-electron chi connectivity index (χ0n) is 16.8. The molecule has 0 aliphatic carbocycles. The molecule has 0 bridgehead atoms. The second-order valence-electron chi connectivity index (χ2n) is 7.29. The zero-order valence-corrected chi connectivity index (χ0v) is 16.8. The van der Waals surface area contributed by atoms with Gasteiger partial charge in [0.2, 0.25) is 5.91 Å². The molecule has 3 aromatic carbocycles. The lowest BCUT2D eigenvalue weighted by molar-refractivity contribution is -0.119. The lowest BCUT2D eigenvalue weighted by Crippen LogP contribution is -2.43. The third-order valence-electron chi connectivity index (χ3n) is 5.36. The number of phenolic OH excluding ortho intramolecular Hbond substituents is 1. The predicted octanol–water partition coefficient (Wildman–Crippen LogP) is 4.19. The molecule has 3 aromatic rings. The molecule has 6 nitrogen and oxygen atoms in total. The van der Waals surface area contributed by atoms with Gasteiger partial charge in [0.15, 0.2) is 0 Å². The number of ether oxygens (including phenoxy) is 1. The highest BCUT2D eigenvalue weighted by Gasteiger charge is 2.35. The SMILES string of the molecule is CCOc1cccc(NC(=O)C2CCCN2C(=O)c2ccc3ccccc3c2O)c1. The second kappa shape index (κ2) is 8.45. The van der Waals surface area contributed by atoms with E-state index in [1.165, 1.54) is 0 Å². The molecular weight excluding hydrogens is 380 g/mol. The van der Waals surface area contributed by atoms with Crippen molar-refractivity contribution in [1.29, 1.82) is 0 Å². The lowest BCUT2D eigenvalue weighted by atomic mass is 10.0. The maximum Gasteiger partial charge on any atom is 0.258 e. The van der Waals surface area contributed by atoms with Gasteiger partial charge < -0.3 is 20.1 Å². The highest BCUT2D eigenvalue weighted by molar-refractivity contribution is 6.06. The van der Waals surface area contributed by atoms with Gasteiger partial charge in [-0.25, -0.2) is 0 Å². The van der Waals surface area contributed by atoms with E-state index >= 15 is 0 Å². The van der Waals surface area contributed by atoms with Crippen LogP contribution >= 0.6 is 0 Å². The van der Waals surface area contributed by atoms with E-state index in [9.17, 15) is 14.7 Å². The molecule has 1 unspecified atom stereocenters. The number of fused-ring (bicyclic) bond motifs is 1. The quantitative estimate of drug-likeness (QED) is 0.668. The van der Waals surface area contributed by atoms with Crippen molar-refractivity contribution in [3.05, 3.63) is 66.2 Å². The van der Waals surface area contributed by atoms with E-state index in [2.05, 4.69) is 5.32 Å². The van der Waals surface area contributed by atoms with Crippen LogP contribution in [0.5, 0.6) is 11.5 Å². The molecule has 2 N–H and O–H groups in total. The molecular formula is C24H24N2O4. The number of carbonyl (C=O) groups excluding carboxylic acids is 2. The highest BCUT2D eigenvalue weighted by atomic mass is 16.5. The van der Waals surface area contributed by atoms with Gasteiger partial charge in [-0.15, -0.1) is 0 Å². The fourth-order valence-electron chi connectivity index (χ4n) is 3.92. The van der Waals surface area contributed by atoms with Gasteiger partial charge in [-0.2, -0.15) is 0 Å². The van der Waals surface area contributed by atoms with Crippen LogP contribution in [0.4, 0.5) is 5.69 Å². The number of nitrogens with zero attached hydrogens (tertiary/aromatic N) is 1. The first-order valence-electron chi connectivity index (χ1n) is 10.1. The minimum Gasteiger partial charge on any atom is -0.506 e. The molecule has 0 aromatic heterocycles. The fourth-order valence-corrected chi connectivity index (χ4v) is 3.92. The van der Waals surface area contributed by atoms with Crippen molar-refractivity contribution in [2.45, 2.75) is 25.8 Å². The molecule has 1 fully saturated rings. The van der Waals surface area contributed by atoms with E-state index in [1.807, 2.05) is 43.3 Å². The summed E-state index contributed by atoms with van der Waals surface area (Å²) in [6.45, 7) is 2.91. The molecule has 2 amide bonds. The van der Waals surface area contributed by atoms with Crippen molar-refractivity contribution < 1.29 is 19.4 Å². The average molecular weight is 404 g/mol. The Morgan fingerprint density at radius 1 is 1.13 bits per heavy atom. The van der Waals surface area contributed by atoms with E-state index in [1.54, 1.807) is 29.2 Å². The van der Waals surface area contributed by atoms with Gasteiger partial charge in [-0.05, 0) is 43.4 Å². The zero-order chi connectivity index (χ0) is 21.1. The molecule has 30 heavy (non-hydrogen) atoms. The Morgan fingerprint density at radius 3 is 2.80 bits per heavy atom. The molecule has 1 atom stereocenters. The number of hydrogen-bond donors (Lipinski definition) is 2. The van der Waals surface area contributed by atoms with Crippen LogP contribution in [0.15, 0.2) is 60.7 Å². The third-order valence-corrected chi connectivity index (χ3v) is 5.36. The number of carbonyl (C=O) groups is 2. The molecule has 1 heterocycles. The van der Waals surface area contributed by atoms with Crippen LogP contribution in [-0.2, 0) is 4.79 Å². The minimum atomic E-state index is -0.584. The molecule has 154 valence electrons. The van der Waals surface area contributed by atoms with Gasteiger partial charge in [0.05, 0.1) is 12.2 Å². The number of benzene rings is 3. The van der Waals surface area contributed by atoms with Crippen LogP contribution in [0.3, 0.4) is 0 Å². The summed E-state index contributed by atoms with van der Waals surface area (Å²) < 4.78 is 5.48. The summed E-state index contributed by atoms with van der Waals surface area (Å²) in [5.41, 5.74) is 0.838. The third kappa shape index (κ3) is 3.81. The molecule has 1 aliphatic rings. The molecule has 0 radical (unpaired) electrons. The van der Waals surface area contributed by atoms with Gasteiger partial charge in [-0.1, -0.05) is 36.4 Å². The lowest BCUT2D eigenvalue weighted by Gasteiger charge is -2.24. The Kier molecular flexibility index (Phi) is 5.57. The Morgan fingerprint density at radius 2 is 1.97 bits per heavy atom. The number of likely N-dealkylation sites (tertiary alicyclic amines) is 1. The maximum absolute atomic E-state index is 13.2. The summed E-state index contributed by atoms with van der Waals surface area (Å²) in [5.74, 6) is 0.0538. The largest absolute Gasteiger partial charge is 0.506 e. The summed E-state index contributed by atoms with van der Waals surface area (Å²) in [6, 6.07) is 17.4. The highest BCUT2D eigenvalue weighted by Crippen LogP contribution is 2.31. The average Bonchev–Trinajstić information content (AvgIpc) is 3.24. The summed E-state index contributed by atoms with van der Waals surface area (Å²) in [7, 11) is 0. The summed E-state index contributed by atoms with van der Waals surface area (Å²) in [4.78, 5) is 27.7. The van der Waals surface area contributed by atoms with E-state index in [-0.39, 0.29) is 23.1 Å². The Labute approximate surface area is 175 Å². The van der Waals surface area contributed by atoms with Gasteiger partial charge in [0.25, 0.3) is 5.91 Å². The minimum absolute atomic E-state index is 0.0476. The van der Waals surface area contributed by atoms with Crippen LogP contribution in [0.1, 0.15) is 30.1 Å². The number of hydrogen-bond acceptors (Lipinski definition) is 4. The van der Waals surface area contributed by atoms with Crippen molar-refractivity contribution in [1.82, 2.24) is 4.90 Å².